The summed E-state index contributed by atoms with van der Waals surface area (Å²) in [5.41, 5.74) is 0. The number of carbonyl (C=O) groups excluding carboxylic acids is 2. The van der Waals surface area contributed by atoms with E-state index in [9.17, 15) is 44.6 Å². The summed E-state index contributed by atoms with van der Waals surface area (Å²) in [6.45, 7) is 3.10. The van der Waals surface area contributed by atoms with Gasteiger partial charge in [-0.1, -0.05) is 150 Å². The van der Waals surface area contributed by atoms with E-state index in [0.29, 0.717) is 19.3 Å². The third-order valence-electron chi connectivity index (χ3n) is 10.4. The summed E-state index contributed by atoms with van der Waals surface area (Å²) in [4.78, 5) is 35.7. The van der Waals surface area contributed by atoms with Crippen molar-refractivity contribution in [2.75, 3.05) is 13.2 Å². The molecule has 1 aliphatic carbocycles. The first kappa shape index (κ1) is 59.8. The molecule has 370 valence electrons. The van der Waals surface area contributed by atoms with Gasteiger partial charge >= 0.3 is 19.8 Å². The number of esters is 2. The molecule has 1 fully saturated rings. The number of aliphatic hydroxyl groups is 5. The van der Waals surface area contributed by atoms with E-state index in [1.54, 1.807) is 0 Å². The van der Waals surface area contributed by atoms with Gasteiger partial charge < -0.3 is 39.9 Å². The van der Waals surface area contributed by atoms with Gasteiger partial charge in [-0.05, 0) is 89.9 Å². The van der Waals surface area contributed by atoms with Crippen LogP contribution in [0.5, 0.6) is 0 Å². The van der Waals surface area contributed by atoms with Gasteiger partial charge in [-0.25, -0.2) is 4.57 Å². The first-order valence-corrected chi connectivity index (χ1v) is 25.5. The number of hydrogen-bond donors (Lipinski definition) is 6. The predicted molar refractivity (Wildman–Crippen MR) is 258 cm³/mol. The number of phosphoric ester groups is 1. The zero-order chi connectivity index (χ0) is 47.8. The summed E-state index contributed by atoms with van der Waals surface area (Å²) in [7, 11) is -5.15. The summed E-state index contributed by atoms with van der Waals surface area (Å²) < 4.78 is 33.5. The van der Waals surface area contributed by atoms with Crippen LogP contribution < -0.4 is 0 Å². The van der Waals surface area contributed by atoms with Crippen molar-refractivity contribution < 1.29 is 63.1 Å². The summed E-state index contributed by atoms with van der Waals surface area (Å²) in [6.07, 6.45) is 40.3. The number of carbonyl (C=O) groups is 2. The zero-order valence-corrected chi connectivity index (χ0v) is 40.1. The molecular formula is C51H83O13P. The summed E-state index contributed by atoms with van der Waals surface area (Å²) in [6, 6.07) is 0. The number of rotatable bonds is 38. The average molecular weight is 935 g/mol. The molecule has 0 radical (unpaired) electrons. The Morgan fingerprint density at radius 1 is 0.492 bits per heavy atom. The molecule has 0 aliphatic heterocycles. The smallest absolute Gasteiger partial charge is 0.462 e. The monoisotopic (exact) mass is 935 g/mol. The molecule has 8 atom stereocenters. The Labute approximate surface area is 390 Å². The predicted octanol–water partition coefficient (Wildman–Crippen LogP) is 9.83. The molecule has 0 saturated heterocycles. The van der Waals surface area contributed by atoms with Crippen molar-refractivity contribution in [1.82, 2.24) is 0 Å². The summed E-state index contributed by atoms with van der Waals surface area (Å²) in [5.74, 6) is -1.21. The van der Waals surface area contributed by atoms with E-state index in [4.69, 9.17) is 18.5 Å². The first-order valence-electron chi connectivity index (χ1n) is 24.0. The maximum absolute atomic E-state index is 12.8. The second-order valence-electron chi connectivity index (χ2n) is 16.2. The SMILES string of the molecule is CC/C=C/C/C=C/C/C=C/C/C=C/C/C=C/CCCCCC(=O)O[C@H](COC(=O)CCC/C=C/C/C=C/C/C=C/CCCCCCCC)COP(=O)(O)OC1C(O)C(O)C(O)[C@@H](O)C1O. The quantitative estimate of drug-likeness (QED) is 0.0148. The molecule has 0 spiro atoms. The molecule has 1 rings (SSSR count). The molecule has 0 amide bonds. The number of allylic oxidation sites excluding steroid dienone is 16. The van der Waals surface area contributed by atoms with Gasteiger partial charge in [0.2, 0.25) is 0 Å². The Morgan fingerprint density at radius 2 is 0.892 bits per heavy atom. The number of unbranched alkanes of at least 4 members (excludes halogenated alkanes) is 10. The number of hydrogen-bond acceptors (Lipinski definition) is 12. The zero-order valence-electron chi connectivity index (χ0n) is 39.2. The van der Waals surface area contributed by atoms with Crippen molar-refractivity contribution in [3.8, 4) is 0 Å². The van der Waals surface area contributed by atoms with E-state index < -0.39 is 75.7 Å². The van der Waals surface area contributed by atoms with Gasteiger partial charge in [0.25, 0.3) is 0 Å². The molecule has 6 N–H and O–H groups in total. The molecule has 0 heterocycles. The van der Waals surface area contributed by atoms with Crippen molar-refractivity contribution in [1.29, 1.82) is 0 Å². The van der Waals surface area contributed by atoms with Crippen molar-refractivity contribution in [3.63, 3.8) is 0 Å². The van der Waals surface area contributed by atoms with Crippen LogP contribution in [0.25, 0.3) is 0 Å². The fraction of sp³-hybridized carbons (Fsp3) is 0.647. The van der Waals surface area contributed by atoms with Crippen LogP contribution in [0.15, 0.2) is 97.2 Å². The molecule has 0 bridgehead atoms. The summed E-state index contributed by atoms with van der Waals surface area (Å²) in [5, 5.41) is 50.2. The molecule has 14 heteroatoms. The van der Waals surface area contributed by atoms with Gasteiger partial charge in [0.15, 0.2) is 6.10 Å². The minimum Gasteiger partial charge on any atom is -0.462 e. The molecule has 1 aliphatic rings. The Bertz CT molecular complexity index is 1500. The minimum absolute atomic E-state index is 0.0411. The van der Waals surface area contributed by atoms with Crippen LogP contribution in [-0.4, -0.2) is 98.3 Å². The molecule has 1 saturated carbocycles. The Hall–Kier alpha value is -3.23. The highest BCUT2D eigenvalue weighted by molar-refractivity contribution is 7.47. The lowest BCUT2D eigenvalue weighted by Gasteiger charge is -2.41. The van der Waals surface area contributed by atoms with Gasteiger partial charge in [-0.3, -0.25) is 18.6 Å². The lowest BCUT2D eigenvalue weighted by atomic mass is 9.85. The van der Waals surface area contributed by atoms with E-state index in [0.717, 1.165) is 70.6 Å². The van der Waals surface area contributed by atoms with Crippen LogP contribution in [0.2, 0.25) is 0 Å². The molecule has 0 aromatic carbocycles. The topological polar surface area (TPSA) is 210 Å². The number of ether oxygens (including phenoxy) is 2. The van der Waals surface area contributed by atoms with Crippen LogP contribution >= 0.6 is 7.82 Å². The fourth-order valence-corrected chi connectivity index (χ4v) is 7.54. The molecule has 0 aromatic heterocycles. The van der Waals surface area contributed by atoms with Crippen LogP contribution in [-0.2, 0) is 32.7 Å². The fourth-order valence-electron chi connectivity index (χ4n) is 6.56. The van der Waals surface area contributed by atoms with Gasteiger partial charge in [0.05, 0.1) is 6.61 Å². The van der Waals surface area contributed by atoms with Crippen LogP contribution in [0, 0.1) is 0 Å². The van der Waals surface area contributed by atoms with E-state index in [2.05, 4.69) is 98.9 Å². The lowest BCUT2D eigenvalue weighted by Crippen LogP contribution is -2.64. The number of phosphoric acid groups is 1. The highest BCUT2D eigenvalue weighted by Crippen LogP contribution is 2.47. The molecule has 13 nitrogen and oxygen atoms in total. The van der Waals surface area contributed by atoms with Crippen molar-refractivity contribution >= 4 is 19.8 Å². The number of aliphatic hydroxyl groups excluding tert-OH is 5. The second kappa shape index (κ2) is 39.9. The molecule has 65 heavy (non-hydrogen) atoms. The van der Waals surface area contributed by atoms with E-state index >= 15 is 0 Å². The Balaban J connectivity index is 2.52. The van der Waals surface area contributed by atoms with E-state index in [1.165, 1.54) is 38.5 Å². The van der Waals surface area contributed by atoms with Crippen LogP contribution in [0.1, 0.15) is 155 Å². The van der Waals surface area contributed by atoms with Crippen molar-refractivity contribution in [2.45, 2.75) is 198 Å². The van der Waals surface area contributed by atoms with Crippen molar-refractivity contribution in [3.05, 3.63) is 97.2 Å². The van der Waals surface area contributed by atoms with Gasteiger partial charge in [-0.2, -0.15) is 0 Å². The maximum Gasteiger partial charge on any atom is 0.472 e. The summed E-state index contributed by atoms with van der Waals surface area (Å²) >= 11 is 0. The third kappa shape index (κ3) is 32.2. The minimum atomic E-state index is -5.15. The first-order chi connectivity index (χ1) is 31.4. The van der Waals surface area contributed by atoms with Gasteiger partial charge in [0, 0.05) is 12.8 Å². The molecule has 6 unspecified atom stereocenters. The largest absolute Gasteiger partial charge is 0.472 e. The van der Waals surface area contributed by atoms with Gasteiger partial charge in [-0.15, -0.1) is 0 Å². The Kier molecular flexibility index (Phi) is 36.7. The maximum atomic E-state index is 12.8. The third-order valence-corrected chi connectivity index (χ3v) is 11.4. The average Bonchev–Trinajstić information content (AvgIpc) is 3.29. The second-order valence-corrected chi connectivity index (χ2v) is 17.6. The molecule has 0 aromatic rings. The highest BCUT2D eigenvalue weighted by atomic mass is 31.2. The Morgan fingerprint density at radius 3 is 1.38 bits per heavy atom. The van der Waals surface area contributed by atoms with Crippen LogP contribution in [0.3, 0.4) is 0 Å². The highest BCUT2D eigenvalue weighted by Gasteiger charge is 2.51. The van der Waals surface area contributed by atoms with Gasteiger partial charge in [0.1, 0.15) is 43.2 Å². The van der Waals surface area contributed by atoms with Crippen molar-refractivity contribution in [2.24, 2.45) is 0 Å². The molecular weight excluding hydrogens is 852 g/mol. The standard InChI is InChI=1S/C51H83O13P/c1-3-5-7-9-11-13-15-17-19-21-22-24-26-28-30-32-34-36-38-40-45(53)63-43(42-62-65(59,60)64-51-49(57)47(55)46(54)48(56)50(51)58)41-61-44(52)39-37-35-33-31-29-27-25-23-20-18-16-14-12-10-8-6-4-2/h5,7,11,13,17-20,22,24-25,27-28,30-31,33,43,46-51,54-58H,3-4,6,8-10,12,14-16,21,23,26,29,32,34-42H2,1-2H3,(H,59,60)/b7-5+,13-11+,19-17+,20-18+,24-22+,27-25+,30-28+,33-31+/t43-,46?,47-,48?,49?,50?,51?/m1/s1. The van der Waals surface area contributed by atoms with E-state index in [-0.39, 0.29) is 12.8 Å². The van der Waals surface area contributed by atoms with E-state index in [1.807, 2.05) is 12.2 Å². The lowest BCUT2D eigenvalue weighted by molar-refractivity contribution is -0.220. The van der Waals surface area contributed by atoms with Crippen LogP contribution in [0.4, 0.5) is 0 Å². The normalized spacial score (nSPS) is 22.3.